The molecule has 1 heterocycles. The molecule has 2 N–H and O–H groups in total. The lowest BCUT2D eigenvalue weighted by Gasteiger charge is -2.08. The van der Waals surface area contributed by atoms with Gasteiger partial charge in [-0.1, -0.05) is 24.3 Å². The van der Waals surface area contributed by atoms with Gasteiger partial charge in [-0.2, -0.15) is 0 Å². The summed E-state index contributed by atoms with van der Waals surface area (Å²) in [5.41, 5.74) is 8.73. The summed E-state index contributed by atoms with van der Waals surface area (Å²) in [7, 11) is 0. The molecular weight excluding hydrogens is 200 g/mol. The maximum absolute atomic E-state index is 11.3. The van der Waals surface area contributed by atoms with E-state index in [9.17, 15) is 4.79 Å². The van der Waals surface area contributed by atoms with Crippen LogP contribution in [0.1, 0.15) is 15.9 Å². The molecule has 80 valence electrons. The zero-order valence-electron chi connectivity index (χ0n) is 8.97. The summed E-state index contributed by atoms with van der Waals surface area (Å²) in [5.74, 6) is -0.452. The van der Waals surface area contributed by atoms with Crippen molar-refractivity contribution < 1.29 is 4.79 Å². The minimum Gasteiger partial charge on any atom is -0.366 e. The Balaban J connectivity index is 2.65. The third kappa shape index (κ3) is 1.80. The van der Waals surface area contributed by atoms with Crippen molar-refractivity contribution in [3.8, 4) is 11.1 Å². The fourth-order valence-electron chi connectivity index (χ4n) is 1.70. The van der Waals surface area contributed by atoms with Crippen LogP contribution in [0.2, 0.25) is 0 Å². The molecule has 0 bridgehead atoms. The number of rotatable bonds is 2. The Kier molecular flexibility index (Phi) is 2.68. The average molecular weight is 212 g/mol. The van der Waals surface area contributed by atoms with E-state index in [0.29, 0.717) is 5.56 Å². The van der Waals surface area contributed by atoms with Crippen molar-refractivity contribution in [1.29, 1.82) is 0 Å². The smallest absolute Gasteiger partial charge is 0.250 e. The fourth-order valence-corrected chi connectivity index (χ4v) is 1.70. The minimum absolute atomic E-state index is 0.452. The molecule has 0 saturated carbocycles. The highest BCUT2D eigenvalue weighted by Gasteiger charge is 2.10. The summed E-state index contributed by atoms with van der Waals surface area (Å²) < 4.78 is 0. The maximum Gasteiger partial charge on any atom is 0.250 e. The van der Waals surface area contributed by atoms with Gasteiger partial charge in [0.15, 0.2) is 0 Å². The predicted octanol–water partition coefficient (Wildman–Crippen LogP) is 2.16. The highest BCUT2D eigenvalue weighted by atomic mass is 16.1. The molecule has 3 nitrogen and oxygen atoms in total. The number of amides is 1. The lowest BCUT2D eigenvalue weighted by molar-refractivity contribution is 0.100. The molecule has 16 heavy (non-hydrogen) atoms. The van der Waals surface area contributed by atoms with Gasteiger partial charge in [0.1, 0.15) is 0 Å². The van der Waals surface area contributed by atoms with Gasteiger partial charge in [-0.05, 0) is 29.7 Å². The van der Waals surface area contributed by atoms with Crippen LogP contribution in [0.5, 0.6) is 0 Å². The van der Waals surface area contributed by atoms with Gasteiger partial charge in [0.25, 0.3) is 5.91 Å². The molecule has 0 saturated heterocycles. The number of aromatic nitrogens is 1. The van der Waals surface area contributed by atoms with Gasteiger partial charge in [0.05, 0.1) is 5.56 Å². The van der Waals surface area contributed by atoms with Crippen molar-refractivity contribution in [1.82, 2.24) is 4.98 Å². The molecule has 0 aliphatic rings. The number of aryl methyl sites for hydroxylation is 1. The summed E-state index contributed by atoms with van der Waals surface area (Å²) in [6.07, 6.45) is 3.16. The van der Waals surface area contributed by atoms with E-state index in [-0.39, 0.29) is 0 Å². The lowest BCUT2D eigenvalue weighted by Crippen LogP contribution is -2.12. The normalized spacial score (nSPS) is 10.1. The monoisotopic (exact) mass is 212 g/mol. The number of hydrogen-bond donors (Lipinski definition) is 1. The molecule has 0 unspecified atom stereocenters. The fraction of sp³-hybridized carbons (Fsp3) is 0.0769. The van der Waals surface area contributed by atoms with Crippen molar-refractivity contribution >= 4 is 5.91 Å². The highest BCUT2D eigenvalue weighted by Crippen LogP contribution is 2.25. The number of nitrogens with zero attached hydrogens (tertiary/aromatic N) is 1. The van der Waals surface area contributed by atoms with Gasteiger partial charge >= 0.3 is 0 Å². The van der Waals surface area contributed by atoms with Crippen LogP contribution in [-0.4, -0.2) is 10.9 Å². The zero-order valence-corrected chi connectivity index (χ0v) is 8.97. The second-order valence-corrected chi connectivity index (χ2v) is 3.60. The first kappa shape index (κ1) is 10.4. The van der Waals surface area contributed by atoms with E-state index >= 15 is 0 Å². The minimum atomic E-state index is -0.452. The quantitative estimate of drug-likeness (QED) is 0.829. The predicted molar refractivity (Wildman–Crippen MR) is 62.9 cm³/mol. The largest absolute Gasteiger partial charge is 0.366 e. The number of carbonyl (C=O) groups excluding carboxylic acids is 1. The van der Waals surface area contributed by atoms with Crippen LogP contribution < -0.4 is 5.73 Å². The average Bonchev–Trinajstić information content (AvgIpc) is 2.29. The van der Waals surface area contributed by atoms with E-state index in [2.05, 4.69) is 4.98 Å². The van der Waals surface area contributed by atoms with Crippen LogP contribution in [0.15, 0.2) is 42.7 Å². The van der Waals surface area contributed by atoms with Gasteiger partial charge < -0.3 is 5.73 Å². The molecule has 0 fully saturated rings. The molecule has 0 aliphatic carbocycles. The zero-order chi connectivity index (χ0) is 11.5. The molecule has 1 aromatic heterocycles. The summed E-state index contributed by atoms with van der Waals surface area (Å²) in [4.78, 5) is 15.2. The molecule has 0 radical (unpaired) electrons. The van der Waals surface area contributed by atoms with Crippen LogP contribution in [0, 0.1) is 6.92 Å². The Labute approximate surface area is 93.9 Å². The van der Waals surface area contributed by atoms with Crippen molar-refractivity contribution in [2.45, 2.75) is 6.92 Å². The molecule has 2 aromatic rings. The van der Waals surface area contributed by atoms with Crippen molar-refractivity contribution in [3.05, 3.63) is 53.9 Å². The number of primary amides is 1. The van der Waals surface area contributed by atoms with Crippen LogP contribution in [0.3, 0.4) is 0 Å². The third-order valence-corrected chi connectivity index (χ3v) is 2.52. The van der Waals surface area contributed by atoms with E-state index in [0.717, 1.165) is 16.7 Å². The Morgan fingerprint density at radius 2 is 1.94 bits per heavy atom. The number of benzene rings is 1. The van der Waals surface area contributed by atoms with Gasteiger partial charge in [-0.3, -0.25) is 9.78 Å². The Morgan fingerprint density at radius 1 is 1.19 bits per heavy atom. The first-order valence-electron chi connectivity index (χ1n) is 5.00. The lowest BCUT2D eigenvalue weighted by atomic mass is 9.97. The molecular formula is C13H12N2O. The Hall–Kier alpha value is -2.16. The Bertz CT molecular complexity index is 535. The maximum atomic E-state index is 11.3. The first-order valence-corrected chi connectivity index (χ1v) is 5.00. The van der Waals surface area contributed by atoms with Gasteiger partial charge in [-0.15, -0.1) is 0 Å². The van der Waals surface area contributed by atoms with Crippen molar-refractivity contribution in [2.24, 2.45) is 5.73 Å². The van der Waals surface area contributed by atoms with E-state index in [1.807, 2.05) is 37.3 Å². The Morgan fingerprint density at radius 3 is 2.62 bits per heavy atom. The highest BCUT2D eigenvalue weighted by molar-refractivity contribution is 5.99. The molecule has 0 aliphatic heterocycles. The van der Waals surface area contributed by atoms with Gasteiger partial charge in [-0.25, -0.2) is 0 Å². The molecule has 1 amide bonds. The number of hydrogen-bond acceptors (Lipinski definition) is 2. The van der Waals surface area contributed by atoms with Crippen molar-refractivity contribution in [3.63, 3.8) is 0 Å². The second kappa shape index (κ2) is 4.14. The standard InChI is InChI=1S/C13H12N2O/c1-9-4-2-3-5-10(9)11-6-7-15-8-12(11)13(14)16/h2-8H,1H3,(H2,14,16). The summed E-state index contributed by atoms with van der Waals surface area (Å²) in [5, 5.41) is 0. The number of nitrogens with two attached hydrogens (primary N) is 1. The molecule has 3 heteroatoms. The molecule has 1 aromatic carbocycles. The van der Waals surface area contributed by atoms with Crippen LogP contribution in [-0.2, 0) is 0 Å². The van der Waals surface area contributed by atoms with E-state index in [4.69, 9.17) is 5.73 Å². The number of pyridine rings is 1. The van der Waals surface area contributed by atoms with E-state index in [1.54, 1.807) is 6.20 Å². The first-order chi connectivity index (χ1) is 7.70. The molecule has 0 spiro atoms. The van der Waals surface area contributed by atoms with Gasteiger partial charge in [0, 0.05) is 12.4 Å². The summed E-state index contributed by atoms with van der Waals surface area (Å²) >= 11 is 0. The third-order valence-electron chi connectivity index (χ3n) is 2.52. The topological polar surface area (TPSA) is 56.0 Å². The molecule has 2 rings (SSSR count). The molecule has 0 atom stereocenters. The van der Waals surface area contributed by atoms with Crippen molar-refractivity contribution in [2.75, 3.05) is 0 Å². The van der Waals surface area contributed by atoms with E-state index < -0.39 is 5.91 Å². The number of carbonyl (C=O) groups is 1. The SMILES string of the molecule is Cc1ccccc1-c1ccncc1C(N)=O. The van der Waals surface area contributed by atoms with Crippen LogP contribution >= 0.6 is 0 Å². The van der Waals surface area contributed by atoms with Crippen LogP contribution in [0.25, 0.3) is 11.1 Å². The second-order valence-electron chi connectivity index (χ2n) is 3.60. The van der Waals surface area contributed by atoms with Crippen LogP contribution in [0.4, 0.5) is 0 Å². The van der Waals surface area contributed by atoms with Gasteiger partial charge in [0.2, 0.25) is 0 Å². The summed E-state index contributed by atoms with van der Waals surface area (Å²) in [6, 6.07) is 9.68. The van der Waals surface area contributed by atoms with E-state index in [1.165, 1.54) is 6.20 Å². The summed E-state index contributed by atoms with van der Waals surface area (Å²) in [6.45, 7) is 2.00.